The van der Waals surface area contributed by atoms with Gasteiger partial charge < -0.3 is 4.74 Å². The van der Waals surface area contributed by atoms with Crippen LogP contribution in [0.1, 0.15) is 11.1 Å². The minimum absolute atomic E-state index is 0.280. The normalized spacial score (nSPS) is 9.74. The average molecular weight is 274 g/mol. The fourth-order valence-corrected chi connectivity index (χ4v) is 1.88. The van der Waals surface area contributed by atoms with E-state index in [-0.39, 0.29) is 6.54 Å². The van der Waals surface area contributed by atoms with Gasteiger partial charge in [0.1, 0.15) is 12.4 Å². The van der Waals surface area contributed by atoms with Crippen molar-refractivity contribution in [3.63, 3.8) is 0 Å². The number of halogens is 1. The summed E-state index contributed by atoms with van der Waals surface area (Å²) >= 11 is 6.11. The molecule has 0 saturated heterocycles. The number of nitrogens with zero attached hydrogens (tertiary/aromatic N) is 1. The maximum absolute atomic E-state index is 10.0. The number of rotatable bonds is 5. The van der Waals surface area contributed by atoms with Crippen LogP contribution in [0.2, 0.25) is 5.02 Å². The van der Waals surface area contributed by atoms with Crippen molar-refractivity contribution in [3.05, 3.63) is 64.7 Å². The zero-order valence-corrected chi connectivity index (χ0v) is 10.9. The fourth-order valence-electron chi connectivity index (χ4n) is 1.62. The van der Waals surface area contributed by atoms with Crippen LogP contribution in [0.5, 0.6) is 5.75 Å². The quantitative estimate of drug-likeness (QED) is 0.615. The maximum atomic E-state index is 10.0. The molecule has 0 spiro atoms. The Morgan fingerprint density at radius 3 is 2.58 bits per heavy atom. The Morgan fingerprint density at radius 1 is 1.11 bits per heavy atom. The summed E-state index contributed by atoms with van der Waals surface area (Å²) in [4.78, 5) is 13.5. The molecular formula is C15H12ClNO2. The van der Waals surface area contributed by atoms with Crippen LogP contribution in [0.25, 0.3) is 0 Å². The van der Waals surface area contributed by atoms with E-state index in [2.05, 4.69) is 4.99 Å². The van der Waals surface area contributed by atoms with Gasteiger partial charge in [-0.25, -0.2) is 9.79 Å². The van der Waals surface area contributed by atoms with Gasteiger partial charge in [0.2, 0.25) is 6.08 Å². The molecule has 0 N–H and O–H groups in total. The van der Waals surface area contributed by atoms with E-state index in [0.717, 1.165) is 11.1 Å². The summed E-state index contributed by atoms with van der Waals surface area (Å²) in [6, 6.07) is 15.2. The molecule has 3 nitrogen and oxygen atoms in total. The molecule has 0 aromatic heterocycles. The van der Waals surface area contributed by atoms with Crippen molar-refractivity contribution in [2.75, 3.05) is 0 Å². The van der Waals surface area contributed by atoms with Gasteiger partial charge in [-0.05, 0) is 23.3 Å². The predicted octanol–water partition coefficient (Wildman–Crippen LogP) is 3.75. The second-order valence-electron chi connectivity index (χ2n) is 3.95. The van der Waals surface area contributed by atoms with E-state index < -0.39 is 0 Å². The second-order valence-corrected chi connectivity index (χ2v) is 4.35. The molecule has 0 atom stereocenters. The van der Waals surface area contributed by atoms with Gasteiger partial charge >= 0.3 is 0 Å². The molecule has 2 aromatic rings. The second kappa shape index (κ2) is 6.74. The summed E-state index contributed by atoms with van der Waals surface area (Å²) in [7, 11) is 0. The molecule has 0 heterocycles. The molecule has 4 heteroatoms. The highest BCUT2D eigenvalue weighted by Crippen LogP contribution is 2.26. The number of benzene rings is 2. The number of hydrogen-bond acceptors (Lipinski definition) is 3. The van der Waals surface area contributed by atoms with Gasteiger partial charge in [-0.15, -0.1) is 0 Å². The number of ether oxygens (including phenoxy) is 1. The lowest BCUT2D eigenvalue weighted by molar-refractivity contribution is 0.306. The Balaban J connectivity index is 2.03. The lowest BCUT2D eigenvalue weighted by atomic mass is 10.2. The van der Waals surface area contributed by atoms with Crippen LogP contribution in [-0.4, -0.2) is 6.08 Å². The summed E-state index contributed by atoms with van der Waals surface area (Å²) in [5.41, 5.74) is 1.92. The smallest absolute Gasteiger partial charge is 0.235 e. The fraction of sp³-hybridized carbons (Fsp3) is 0.133. The molecule has 0 bridgehead atoms. The van der Waals surface area contributed by atoms with Gasteiger partial charge in [0.05, 0.1) is 11.6 Å². The average Bonchev–Trinajstić information content (AvgIpc) is 2.45. The van der Waals surface area contributed by atoms with Crippen molar-refractivity contribution >= 4 is 17.7 Å². The lowest BCUT2D eigenvalue weighted by Gasteiger charge is -2.08. The molecule has 0 aliphatic carbocycles. The topological polar surface area (TPSA) is 38.7 Å². The number of aliphatic imine (C=N–C) groups is 1. The van der Waals surface area contributed by atoms with Crippen LogP contribution in [0.4, 0.5) is 0 Å². The maximum Gasteiger partial charge on any atom is 0.235 e. The summed E-state index contributed by atoms with van der Waals surface area (Å²) in [6.07, 6.45) is 1.50. The summed E-state index contributed by atoms with van der Waals surface area (Å²) < 4.78 is 5.64. The monoisotopic (exact) mass is 273 g/mol. The Bertz CT molecular complexity index is 592. The van der Waals surface area contributed by atoms with Crippen molar-refractivity contribution in [1.82, 2.24) is 0 Å². The Kier molecular flexibility index (Phi) is 4.73. The molecule has 0 saturated carbocycles. The van der Waals surface area contributed by atoms with Crippen LogP contribution < -0.4 is 4.74 Å². The zero-order chi connectivity index (χ0) is 13.5. The molecule has 0 radical (unpaired) electrons. The van der Waals surface area contributed by atoms with Gasteiger partial charge in [0.15, 0.2) is 0 Å². The highest BCUT2D eigenvalue weighted by Gasteiger charge is 2.03. The predicted molar refractivity (Wildman–Crippen MR) is 74.1 cm³/mol. The SMILES string of the molecule is O=C=NCc1ccc(OCc2ccccc2)c(Cl)c1. The standard InChI is InChI=1S/C15H12ClNO2/c16-14-8-13(9-17-11-18)6-7-15(14)19-10-12-4-2-1-3-5-12/h1-8H,9-10H2. The van der Waals surface area contributed by atoms with E-state index >= 15 is 0 Å². The first kappa shape index (κ1) is 13.3. The van der Waals surface area contributed by atoms with Gasteiger partial charge in [-0.1, -0.05) is 48.0 Å². The minimum atomic E-state index is 0.280. The summed E-state index contributed by atoms with van der Waals surface area (Å²) in [5, 5.41) is 0.509. The summed E-state index contributed by atoms with van der Waals surface area (Å²) in [6.45, 7) is 0.745. The van der Waals surface area contributed by atoms with E-state index in [1.807, 2.05) is 36.4 Å². The van der Waals surface area contributed by atoms with Crippen LogP contribution in [0.3, 0.4) is 0 Å². The van der Waals surface area contributed by atoms with Gasteiger partial charge in [-0.2, -0.15) is 0 Å². The number of hydrogen-bond donors (Lipinski definition) is 0. The van der Waals surface area contributed by atoms with Crippen molar-refractivity contribution < 1.29 is 9.53 Å². The van der Waals surface area contributed by atoms with Crippen LogP contribution in [0, 0.1) is 0 Å². The minimum Gasteiger partial charge on any atom is -0.487 e. The van der Waals surface area contributed by atoms with E-state index in [0.29, 0.717) is 17.4 Å². The van der Waals surface area contributed by atoms with Crippen LogP contribution in [-0.2, 0) is 17.9 Å². The molecule has 0 fully saturated rings. The first-order chi connectivity index (χ1) is 9.29. The number of isocyanates is 1. The third-order valence-electron chi connectivity index (χ3n) is 2.56. The number of carbonyl (C=O) groups excluding carboxylic acids is 1. The third kappa shape index (κ3) is 3.95. The van der Waals surface area contributed by atoms with E-state index in [1.165, 1.54) is 6.08 Å². The first-order valence-electron chi connectivity index (χ1n) is 5.78. The highest BCUT2D eigenvalue weighted by molar-refractivity contribution is 6.32. The van der Waals surface area contributed by atoms with Gasteiger partial charge in [0.25, 0.3) is 0 Å². The largest absolute Gasteiger partial charge is 0.487 e. The molecular weight excluding hydrogens is 262 g/mol. The van der Waals surface area contributed by atoms with Crippen molar-refractivity contribution in [2.24, 2.45) is 4.99 Å². The lowest BCUT2D eigenvalue weighted by Crippen LogP contribution is -1.96. The van der Waals surface area contributed by atoms with E-state index in [4.69, 9.17) is 16.3 Å². The van der Waals surface area contributed by atoms with Crippen molar-refractivity contribution in [2.45, 2.75) is 13.2 Å². The molecule has 2 rings (SSSR count). The molecule has 0 amide bonds. The van der Waals surface area contributed by atoms with Gasteiger partial charge in [-0.3, -0.25) is 0 Å². The van der Waals surface area contributed by atoms with E-state index in [9.17, 15) is 4.79 Å². The zero-order valence-electron chi connectivity index (χ0n) is 10.2. The van der Waals surface area contributed by atoms with Crippen LogP contribution in [0.15, 0.2) is 53.5 Å². The van der Waals surface area contributed by atoms with E-state index in [1.54, 1.807) is 12.1 Å². The molecule has 0 aliphatic rings. The van der Waals surface area contributed by atoms with Crippen molar-refractivity contribution in [3.8, 4) is 5.75 Å². The highest BCUT2D eigenvalue weighted by atomic mass is 35.5. The van der Waals surface area contributed by atoms with Gasteiger partial charge in [0, 0.05) is 0 Å². The molecule has 96 valence electrons. The molecule has 0 aliphatic heterocycles. The van der Waals surface area contributed by atoms with Crippen LogP contribution >= 0.6 is 11.6 Å². The third-order valence-corrected chi connectivity index (χ3v) is 2.86. The Labute approximate surface area is 116 Å². The Hall–Kier alpha value is -2.09. The molecule has 19 heavy (non-hydrogen) atoms. The van der Waals surface area contributed by atoms with Crippen molar-refractivity contribution in [1.29, 1.82) is 0 Å². The molecule has 0 unspecified atom stereocenters. The first-order valence-corrected chi connectivity index (χ1v) is 6.16. The summed E-state index contributed by atoms with van der Waals surface area (Å²) in [5.74, 6) is 0.615. The Morgan fingerprint density at radius 2 is 1.89 bits per heavy atom. The molecule has 2 aromatic carbocycles.